The van der Waals surface area contributed by atoms with Crippen molar-refractivity contribution in [3.63, 3.8) is 0 Å². The number of alkyl halides is 3. The molecule has 24 heavy (non-hydrogen) atoms. The number of carbonyl (C=O) groups excluding carboxylic acids is 1. The van der Waals surface area contributed by atoms with Gasteiger partial charge >= 0.3 is 12.1 Å². The molecular weight excluding hydrogens is 347 g/mol. The van der Waals surface area contributed by atoms with Crippen LogP contribution in [0.3, 0.4) is 0 Å². The van der Waals surface area contributed by atoms with Crippen LogP contribution in [-0.4, -0.2) is 26.5 Å². The largest absolute Gasteiger partial charge is 0.471 e. The lowest BCUT2D eigenvalue weighted by Gasteiger charge is -2.04. The summed E-state index contributed by atoms with van der Waals surface area (Å²) in [6.07, 6.45) is -1.85. The molecule has 3 rings (SSSR count). The van der Waals surface area contributed by atoms with Crippen molar-refractivity contribution < 1.29 is 26.7 Å². The fourth-order valence-electron chi connectivity index (χ4n) is 1.94. The Labute approximate surface area is 135 Å². The zero-order valence-corrected chi connectivity index (χ0v) is 13.2. The fraction of sp³-hybridized carbons (Fsp3) is 0.357. The Kier molecular flexibility index (Phi) is 3.94. The zero-order valence-electron chi connectivity index (χ0n) is 12.4. The average molecular weight is 359 g/mol. The zero-order chi connectivity index (χ0) is 17.5. The summed E-state index contributed by atoms with van der Waals surface area (Å²) in [4.78, 5) is 15.3. The maximum atomic E-state index is 12.5. The monoisotopic (exact) mass is 359 g/mol. The molecule has 0 saturated heterocycles. The standard InChI is InChI=1S/C14H12F3N3O3S/c1-24(22,20-12(21)9-2-3-9)10-6-4-8(5-7-10)11-18-13(23-19-11)14(15,16)17/h4-7,9H,2-3H2,1H3. The number of hydrogen-bond acceptors (Lipinski definition) is 5. The van der Waals surface area contributed by atoms with Gasteiger partial charge in [0.1, 0.15) is 0 Å². The molecular formula is C14H12F3N3O3S. The van der Waals surface area contributed by atoms with Crippen LogP contribution < -0.4 is 0 Å². The van der Waals surface area contributed by atoms with Crippen molar-refractivity contribution in [1.29, 1.82) is 0 Å². The molecule has 1 atom stereocenters. The molecule has 0 N–H and O–H groups in total. The lowest BCUT2D eigenvalue weighted by Crippen LogP contribution is -2.05. The lowest BCUT2D eigenvalue weighted by atomic mass is 10.2. The summed E-state index contributed by atoms with van der Waals surface area (Å²) in [5, 5.41) is 3.27. The second-order valence-corrected chi connectivity index (χ2v) is 7.71. The summed E-state index contributed by atoms with van der Waals surface area (Å²) in [5.41, 5.74) is 0.265. The second kappa shape index (κ2) is 5.69. The van der Waals surface area contributed by atoms with Crippen LogP contribution in [0.25, 0.3) is 11.4 Å². The van der Waals surface area contributed by atoms with E-state index in [1.807, 2.05) is 0 Å². The molecule has 6 nitrogen and oxygen atoms in total. The van der Waals surface area contributed by atoms with Gasteiger partial charge in [0.15, 0.2) is 0 Å². The molecule has 1 heterocycles. The van der Waals surface area contributed by atoms with Crippen LogP contribution in [0, 0.1) is 5.92 Å². The van der Waals surface area contributed by atoms with E-state index in [0.29, 0.717) is 4.90 Å². The number of aromatic nitrogens is 2. The first kappa shape index (κ1) is 16.6. The predicted octanol–water partition coefficient (Wildman–Crippen LogP) is 3.15. The normalized spacial score (nSPS) is 17.3. The van der Waals surface area contributed by atoms with Crippen molar-refractivity contribution in [2.45, 2.75) is 23.9 Å². The van der Waals surface area contributed by atoms with Gasteiger partial charge in [-0.25, -0.2) is 4.21 Å². The van der Waals surface area contributed by atoms with Crippen LogP contribution in [-0.2, 0) is 20.7 Å². The topological polar surface area (TPSA) is 85.4 Å². The first-order valence-electron chi connectivity index (χ1n) is 6.94. The molecule has 10 heteroatoms. The second-order valence-electron chi connectivity index (χ2n) is 5.45. The van der Waals surface area contributed by atoms with E-state index in [-0.39, 0.29) is 23.2 Å². The highest BCUT2D eigenvalue weighted by Crippen LogP contribution is 2.32. The van der Waals surface area contributed by atoms with E-state index in [1.54, 1.807) is 0 Å². The van der Waals surface area contributed by atoms with Gasteiger partial charge in [-0.3, -0.25) is 4.79 Å². The molecule has 128 valence electrons. The molecule has 1 unspecified atom stereocenters. The highest BCUT2D eigenvalue weighted by atomic mass is 32.2. The summed E-state index contributed by atoms with van der Waals surface area (Å²) < 4.78 is 57.8. The number of carbonyl (C=O) groups is 1. The van der Waals surface area contributed by atoms with Gasteiger partial charge in [-0.15, -0.1) is 0 Å². The molecule has 2 aromatic rings. The Balaban J connectivity index is 1.86. The van der Waals surface area contributed by atoms with E-state index in [0.717, 1.165) is 12.8 Å². The highest BCUT2D eigenvalue weighted by molar-refractivity contribution is 7.93. The minimum atomic E-state index is -4.72. The third kappa shape index (κ3) is 3.48. The number of hydrogen-bond donors (Lipinski definition) is 0. The third-order valence-corrected chi connectivity index (χ3v) is 5.08. The molecule has 1 aromatic carbocycles. The number of rotatable bonds is 3. The molecule has 0 spiro atoms. The van der Waals surface area contributed by atoms with Crippen LogP contribution in [0.1, 0.15) is 18.7 Å². The SMILES string of the molecule is CS(=O)(=NC(=O)C1CC1)c1ccc(-c2noc(C(F)(F)F)n2)cc1. The molecule has 1 aliphatic carbocycles. The van der Waals surface area contributed by atoms with Crippen molar-refractivity contribution in [3.05, 3.63) is 30.2 Å². The molecule has 1 fully saturated rings. The average Bonchev–Trinajstić information content (AvgIpc) is 3.22. The maximum Gasteiger partial charge on any atom is 0.471 e. The van der Waals surface area contributed by atoms with Crippen molar-refractivity contribution in [1.82, 2.24) is 10.1 Å². The van der Waals surface area contributed by atoms with Gasteiger partial charge in [-0.1, -0.05) is 5.16 Å². The van der Waals surface area contributed by atoms with Gasteiger partial charge in [0.2, 0.25) is 5.82 Å². The van der Waals surface area contributed by atoms with Gasteiger partial charge in [-0.05, 0) is 37.1 Å². The quantitative estimate of drug-likeness (QED) is 0.840. The third-order valence-electron chi connectivity index (χ3n) is 3.41. The van der Waals surface area contributed by atoms with E-state index in [2.05, 4.69) is 19.0 Å². The summed E-state index contributed by atoms with van der Waals surface area (Å²) in [5.74, 6) is -2.18. The van der Waals surface area contributed by atoms with Gasteiger partial charge in [0, 0.05) is 22.6 Å². The van der Waals surface area contributed by atoms with Gasteiger partial charge in [-0.2, -0.15) is 22.5 Å². The first-order chi connectivity index (χ1) is 11.2. The molecule has 1 aromatic heterocycles. The number of benzene rings is 1. The summed E-state index contributed by atoms with van der Waals surface area (Å²) in [6, 6.07) is 5.65. The van der Waals surface area contributed by atoms with E-state index >= 15 is 0 Å². The smallest absolute Gasteiger partial charge is 0.329 e. The Morgan fingerprint density at radius 1 is 1.29 bits per heavy atom. The van der Waals surface area contributed by atoms with E-state index in [1.165, 1.54) is 30.5 Å². The summed E-state index contributed by atoms with van der Waals surface area (Å²) >= 11 is 0. The molecule has 1 saturated carbocycles. The minimum absolute atomic E-state index is 0.134. The van der Waals surface area contributed by atoms with E-state index < -0.39 is 21.8 Å². The van der Waals surface area contributed by atoms with Crippen molar-refractivity contribution in [3.8, 4) is 11.4 Å². The van der Waals surface area contributed by atoms with Gasteiger partial charge < -0.3 is 4.52 Å². The Hall–Kier alpha value is -2.23. The van der Waals surface area contributed by atoms with Gasteiger partial charge in [0.05, 0.1) is 9.73 Å². The molecule has 1 amide bonds. The van der Waals surface area contributed by atoms with Crippen molar-refractivity contribution >= 4 is 15.6 Å². The molecule has 1 aliphatic rings. The molecule has 0 bridgehead atoms. The number of halogens is 3. The Bertz CT molecular complexity index is 892. The van der Waals surface area contributed by atoms with Crippen LogP contribution in [0.2, 0.25) is 0 Å². The predicted molar refractivity (Wildman–Crippen MR) is 77.2 cm³/mol. The molecule has 0 aliphatic heterocycles. The van der Waals surface area contributed by atoms with Crippen LogP contribution in [0.15, 0.2) is 38.0 Å². The van der Waals surface area contributed by atoms with Crippen LogP contribution in [0.4, 0.5) is 13.2 Å². The van der Waals surface area contributed by atoms with E-state index in [4.69, 9.17) is 0 Å². The summed E-state index contributed by atoms with van der Waals surface area (Å²) in [7, 11) is -2.90. The maximum absolute atomic E-state index is 12.5. The highest BCUT2D eigenvalue weighted by Gasteiger charge is 2.38. The van der Waals surface area contributed by atoms with Crippen LogP contribution in [0.5, 0.6) is 0 Å². The van der Waals surface area contributed by atoms with Crippen molar-refractivity contribution in [2.75, 3.05) is 6.26 Å². The van der Waals surface area contributed by atoms with Crippen LogP contribution >= 0.6 is 0 Å². The fourth-order valence-corrected chi connectivity index (χ4v) is 3.18. The summed E-state index contributed by atoms with van der Waals surface area (Å²) in [6.45, 7) is 0. The Morgan fingerprint density at radius 3 is 2.42 bits per heavy atom. The number of amides is 1. The Morgan fingerprint density at radius 2 is 1.92 bits per heavy atom. The molecule has 0 radical (unpaired) electrons. The van der Waals surface area contributed by atoms with Gasteiger partial charge in [0.25, 0.3) is 5.91 Å². The first-order valence-corrected chi connectivity index (χ1v) is 8.86. The lowest BCUT2D eigenvalue weighted by molar-refractivity contribution is -0.159. The van der Waals surface area contributed by atoms with Crippen molar-refractivity contribution in [2.24, 2.45) is 10.3 Å². The van der Waals surface area contributed by atoms with E-state index in [9.17, 15) is 22.2 Å². The number of nitrogens with zero attached hydrogens (tertiary/aromatic N) is 3. The minimum Gasteiger partial charge on any atom is -0.329 e.